The van der Waals surface area contributed by atoms with Crippen molar-refractivity contribution in [3.8, 4) is 0 Å². The van der Waals surface area contributed by atoms with Crippen molar-refractivity contribution >= 4 is 12.2 Å². The van der Waals surface area contributed by atoms with Gasteiger partial charge in [-0.05, 0) is 17.7 Å². The van der Waals surface area contributed by atoms with E-state index >= 15 is 0 Å². The molecule has 0 aromatic heterocycles. The molecule has 3 N–H and O–H groups in total. The van der Waals surface area contributed by atoms with Gasteiger partial charge in [-0.3, -0.25) is 5.21 Å². The van der Waals surface area contributed by atoms with Crippen LogP contribution in [0.3, 0.4) is 0 Å². The van der Waals surface area contributed by atoms with Crippen molar-refractivity contribution in [1.29, 1.82) is 0 Å². The highest BCUT2D eigenvalue weighted by Gasteiger charge is 2.30. The third kappa shape index (κ3) is 4.11. The highest BCUT2D eigenvalue weighted by atomic mass is 19.4. The topological polar surface area (TPSA) is 73.7 Å². The molecule has 0 atom stereocenters. The molecule has 0 fully saturated rings. The quantitative estimate of drug-likeness (QED) is 0.423. The lowest BCUT2D eigenvalue weighted by molar-refractivity contribution is -0.137. The van der Waals surface area contributed by atoms with Gasteiger partial charge in [-0.15, -0.1) is 0 Å². The molecule has 1 aromatic rings. The smallest absolute Gasteiger partial charge is 0.287 e. The van der Waals surface area contributed by atoms with Gasteiger partial charge in [0.15, 0.2) is 0 Å². The van der Waals surface area contributed by atoms with Gasteiger partial charge in [0.25, 0.3) is 0 Å². The normalized spacial score (nSPS) is 11.5. The fourth-order valence-corrected chi connectivity index (χ4v) is 0.986. The molecular weight excluding hydrogens is 239 g/mol. The highest BCUT2D eigenvalue weighted by Crippen LogP contribution is 2.29. The van der Waals surface area contributed by atoms with Crippen molar-refractivity contribution in [3.63, 3.8) is 0 Å². The largest absolute Gasteiger partial charge is 0.416 e. The Hall–Kier alpha value is -2.09. The maximum absolute atomic E-state index is 12.3. The van der Waals surface area contributed by atoms with Gasteiger partial charge in [-0.25, -0.2) is 15.7 Å². The van der Waals surface area contributed by atoms with Crippen molar-refractivity contribution in [2.24, 2.45) is 5.10 Å². The van der Waals surface area contributed by atoms with Crippen molar-refractivity contribution in [1.82, 2.24) is 10.9 Å². The molecule has 0 aliphatic heterocycles. The van der Waals surface area contributed by atoms with Gasteiger partial charge in [-0.2, -0.15) is 18.3 Å². The van der Waals surface area contributed by atoms with E-state index in [4.69, 9.17) is 5.21 Å². The molecule has 0 aliphatic carbocycles. The number of hydrogen-bond donors (Lipinski definition) is 3. The van der Waals surface area contributed by atoms with Crippen LogP contribution in [0, 0.1) is 0 Å². The average Bonchev–Trinajstić information content (AvgIpc) is 2.28. The molecular formula is C9H8F3N3O2. The standard InChI is InChI=1S/C9H8F3N3O2/c10-9(11,12)7-3-1-2-6(4-7)5-13-14-8(16)15-17/h1-5,17H,(H2,14,15,16)/b13-5+. The van der Waals surface area contributed by atoms with Crippen LogP contribution in [0.25, 0.3) is 0 Å². The molecule has 0 bridgehead atoms. The van der Waals surface area contributed by atoms with E-state index in [1.165, 1.54) is 17.6 Å². The summed E-state index contributed by atoms with van der Waals surface area (Å²) in [4.78, 5) is 10.5. The summed E-state index contributed by atoms with van der Waals surface area (Å²) in [5, 5.41) is 11.4. The van der Waals surface area contributed by atoms with Gasteiger partial charge < -0.3 is 0 Å². The van der Waals surface area contributed by atoms with Crippen molar-refractivity contribution < 1.29 is 23.2 Å². The summed E-state index contributed by atoms with van der Waals surface area (Å²) in [5.74, 6) is 0. The summed E-state index contributed by atoms with van der Waals surface area (Å²) in [6.45, 7) is 0. The SMILES string of the molecule is O=C(NO)N/N=C/c1cccc(C(F)(F)F)c1. The fraction of sp³-hybridized carbons (Fsp3) is 0.111. The van der Waals surface area contributed by atoms with E-state index in [9.17, 15) is 18.0 Å². The monoisotopic (exact) mass is 247 g/mol. The Labute approximate surface area is 93.9 Å². The lowest BCUT2D eigenvalue weighted by Gasteiger charge is -2.06. The predicted octanol–water partition coefficient (Wildman–Crippen LogP) is 1.73. The summed E-state index contributed by atoms with van der Waals surface area (Å²) in [6.07, 6.45) is -3.41. The summed E-state index contributed by atoms with van der Waals surface area (Å²) in [6, 6.07) is 3.41. The van der Waals surface area contributed by atoms with Crippen molar-refractivity contribution in [2.75, 3.05) is 0 Å². The van der Waals surface area contributed by atoms with E-state index in [-0.39, 0.29) is 5.56 Å². The van der Waals surface area contributed by atoms with Gasteiger partial charge in [-0.1, -0.05) is 12.1 Å². The molecule has 0 heterocycles. The van der Waals surface area contributed by atoms with Gasteiger partial charge in [0, 0.05) is 0 Å². The third-order valence-electron chi connectivity index (χ3n) is 1.70. The Morgan fingerprint density at radius 3 is 2.71 bits per heavy atom. The fourth-order valence-electron chi connectivity index (χ4n) is 0.986. The molecule has 1 aromatic carbocycles. The minimum absolute atomic E-state index is 0.165. The van der Waals surface area contributed by atoms with Gasteiger partial charge in [0.1, 0.15) is 0 Å². The van der Waals surface area contributed by atoms with Crippen LogP contribution >= 0.6 is 0 Å². The number of urea groups is 1. The van der Waals surface area contributed by atoms with Crippen LogP contribution in [-0.4, -0.2) is 17.5 Å². The Bertz CT molecular complexity index is 432. The molecule has 0 saturated heterocycles. The van der Waals surface area contributed by atoms with Crippen molar-refractivity contribution in [3.05, 3.63) is 35.4 Å². The second kappa shape index (κ2) is 5.30. The molecule has 0 spiro atoms. The molecule has 0 saturated carbocycles. The van der Waals surface area contributed by atoms with E-state index in [2.05, 4.69) is 5.10 Å². The molecule has 0 aliphatic rings. The Balaban J connectivity index is 2.76. The lowest BCUT2D eigenvalue weighted by atomic mass is 10.1. The minimum atomic E-state index is -4.43. The Morgan fingerprint density at radius 2 is 2.12 bits per heavy atom. The maximum atomic E-state index is 12.3. The van der Waals surface area contributed by atoms with Crippen LogP contribution in [0.4, 0.5) is 18.0 Å². The number of hydroxylamine groups is 1. The van der Waals surface area contributed by atoms with Gasteiger partial charge in [0.05, 0.1) is 11.8 Å². The number of hydrogen-bond acceptors (Lipinski definition) is 3. The van der Waals surface area contributed by atoms with Crippen LogP contribution in [-0.2, 0) is 6.18 Å². The van der Waals surface area contributed by atoms with E-state index in [1.54, 1.807) is 0 Å². The molecule has 0 unspecified atom stereocenters. The maximum Gasteiger partial charge on any atom is 0.416 e. The summed E-state index contributed by atoms with van der Waals surface area (Å²) in [5.41, 5.74) is 2.42. The van der Waals surface area contributed by atoms with Crippen LogP contribution in [0.15, 0.2) is 29.4 Å². The third-order valence-corrected chi connectivity index (χ3v) is 1.70. The molecule has 5 nitrogen and oxygen atoms in total. The first kappa shape index (κ1) is 13.0. The number of hydrazone groups is 1. The van der Waals surface area contributed by atoms with Crippen LogP contribution in [0.5, 0.6) is 0 Å². The summed E-state index contributed by atoms with van der Waals surface area (Å²) >= 11 is 0. The van der Waals surface area contributed by atoms with Gasteiger partial charge in [0.2, 0.25) is 0 Å². The second-order valence-electron chi connectivity index (χ2n) is 2.93. The number of amides is 2. The van der Waals surface area contributed by atoms with Gasteiger partial charge >= 0.3 is 12.2 Å². The first-order valence-electron chi connectivity index (χ1n) is 4.34. The number of rotatable bonds is 2. The zero-order valence-electron chi connectivity index (χ0n) is 8.32. The van der Waals surface area contributed by atoms with E-state index in [1.807, 2.05) is 5.43 Å². The number of carbonyl (C=O) groups excluding carboxylic acids is 1. The summed E-state index contributed by atoms with van der Waals surface area (Å²) in [7, 11) is 0. The number of carbonyl (C=O) groups is 1. The molecule has 17 heavy (non-hydrogen) atoms. The Kier molecular flexibility index (Phi) is 4.05. The zero-order valence-corrected chi connectivity index (χ0v) is 8.32. The van der Waals surface area contributed by atoms with E-state index < -0.39 is 17.8 Å². The summed E-state index contributed by atoms with van der Waals surface area (Å²) < 4.78 is 36.9. The number of nitrogens with zero attached hydrogens (tertiary/aromatic N) is 1. The Morgan fingerprint density at radius 1 is 1.41 bits per heavy atom. The molecule has 0 radical (unpaired) electrons. The first-order valence-corrected chi connectivity index (χ1v) is 4.34. The zero-order chi connectivity index (χ0) is 12.9. The second-order valence-corrected chi connectivity index (χ2v) is 2.93. The number of nitrogens with one attached hydrogen (secondary N) is 2. The lowest BCUT2D eigenvalue weighted by Crippen LogP contribution is -2.29. The van der Waals surface area contributed by atoms with Crippen molar-refractivity contribution in [2.45, 2.75) is 6.18 Å². The molecule has 8 heteroatoms. The minimum Gasteiger partial charge on any atom is -0.287 e. The molecule has 2 amide bonds. The van der Waals surface area contributed by atoms with Crippen LogP contribution in [0.2, 0.25) is 0 Å². The average molecular weight is 247 g/mol. The first-order chi connectivity index (χ1) is 7.93. The van der Waals surface area contributed by atoms with E-state index in [0.717, 1.165) is 18.3 Å². The number of alkyl halides is 3. The molecule has 92 valence electrons. The predicted molar refractivity (Wildman–Crippen MR) is 52.5 cm³/mol. The highest BCUT2D eigenvalue weighted by molar-refractivity contribution is 5.81. The number of benzene rings is 1. The van der Waals surface area contributed by atoms with E-state index in [0.29, 0.717) is 0 Å². The van der Waals surface area contributed by atoms with Crippen LogP contribution < -0.4 is 10.9 Å². The molecule has 1 rings (SSSR count). The van der Waals surface area contributed by atoms with Crippen LogP contribution in [0.1, 0.15) is 11.1 Å². The number of halogens is 3.